The van der Waals surface area contributed by atoms with Crippen molar-refractivity contribution in [3.63, 3.8) is 0 Å². The summed E-state index contributed by atoms with van der Waals surface area (Å²) in [5.41, 5.74) is 2.72. The van der Waals surface area contributed by atoms with Crippen molar-refractivity contribution in [2.75, 3.05) is 11.3 Å². The average Bonchev–Trinajstić information content (AvgIpc) is 3.33. The molecule has 3 aromatic heterocycles. The van der Waals surface area contributed by atoms with Gasteiger partial charge in [-0.05, 0) is 42.9 Å². The molecule has 0 aliphatic rings. The van der Waals surface area contributed by atoms with Crippen molar-refractivity contribution in [2.24, 2.45) is 12.5 Å². The Morgan fingerprint density at radius 1 is 1.07 bits per heavy atom. The lowest BCUT2D eigenvalue weighted by molar-refractivity contribution is 0.0689. The van der Waals surface area contributed by atoms with Crippen LogP contribution in [0.1, 0.15) is 54.6 Å². The fourth-order valence-electron chi connectivity index (χ4n) is 4.64. The van der Waals surface area contributed by atoms with E-state index in [0.29, 0.717) is 18.1 Å². The van der Waals surface area contributed by atoms with Crippen molar-refractivity contribution < 1.29 is 23.1 Å². The van der Waals surface area contributed by atoms with E-state index in [1.54, 1.807) is 24.5 Å². The molecule has 0 amide bonds. The number of sulfonamides is 1. The second-order valence-corrected chi connectivity index (χ2v) is 13.0. The van der Waals surface area contributed by atoms with Crippen LogP contribution in [0.2, 0.25) is 0 Å². The van der Waals surface area contributed by atoms with Gasteiger partial charge in [-0.2, -0.15) is 18.5 Å². The highest BCUT2D eigenvalue weighted by molar-refractivity contribution is 7.92. The number of rotatable bonds is 12. The van der Waals surface area contributed by atoms with Crippen LogP contribution in [-0.4, -0.2) is 61.9 Å². The van der Waals surface area contributed by atoms with Crippen LogP contribution in [-0.2, 0) is 23.6 Å². The van der Waals surface area contributed by atoms with Gasteiger partial charge < -0.3 is 15.2 Å². The number of nitrogens with one attached hydrogen (secondary N) is 2. The SMILES string of the molecule is Cc1cccc(C)c1-c1cc(OC[C@@H](CC(C)(C)C)NCc2ncccn2)nc(NS(=O)(=O)c2cc(C(=O)O)nn2C)n1.Cl. The first-order valence-corrected chi connectivity index (χ1v) is 15.1. The zero-order valence-corrected chi connectivity index (χ0v) is 27.0. The maximum atomic E-state index is 13.3. The van der Waals surface area contributed by atoms with E-state index in [2.05, 4.69) is 55.8 Å². The van der Waals surface area contributed by atoms with Crippen molar-refractivity contribution in [1.29, 1.82) is 0 Å². The molecule has 0 fully saturated rings. The Balaban J connectivity index is 0.00000529. The predicted octanol–water partition coefficient (Wildman–Crippen LogP) is 4.18. The number of ether oxygens (including phenoxy) is 1. The molecule has 0 aliphatic heterocycles. The number of hydrogen-bond acceptors (Lipinski definition) is 10. The molecule has 4 rings (SSSR count). The van der Waals surface area contributed by atoms with E-state index in [9.17, 15) is 18.3 Å². The molecule has 0 spiro atoms. The van der Waals surface area contributed by atoms with Crippen LogP contribution in [0.5, 0.6) is 5.88 Å². The van der Waals surface area contributed by atoms with Crippen molar-refractivity contribution in [2.45, 2.75) is 58.7 Å². The third-order valence-electron chi connectivity index (χ3n) is 6.46. The van der Waals surface area contributed by atoms with Gasteiger partial charge in [0.05, 0.1) is 12.2 Å². The summed E-state index contributed by atoms with van der Waals surface area (Å²) < 4.78 is 36.1. The van der Waals surface area contributed by atoms with E-state index in [1.165, 1.54) is 7.05 Å². The molecule has 1 atom stereocenters. The van der Waals surface area contributed by atoms with Gasteiger partial charge >= 0.3 is 5.97 Å². The predicted molar refractivity (Wildman–Crippen MR) is 167 cm³/mol. The Bertz CT molecular complexity index is 1690. The van der Waals surface area contributed by atoms with Gasteiger partial charge in [0, 0.05) is 43.2 Å². The molecule has 4 aromatic rings. The maximum Gasteiger partial charge on any atom is 0.356 e. The van der Waals surface area contributed by atoms with Crippen LogP contribution in [0.25, 0.3) is 11.3 Å². The Kier molecular flexibility index (Phi) is 11.0. The molecular formula is C29H37ClN8O5S. The van der Waals surface area contributed by atoms with E-state index in [0.717, 1.165) is 33.9 Å². The molecule has 236 valence electrons. The molecule has 0 bridgehead atoms. The highest BCUT2D eigenvalue weighted by Crippen LogP contribution is 2.30. The highest BCUT2D eigenvalue weighted by Gasteiger charge is 2.25. The minimum atomic E-state index is -4.31. The average molecular weight is 645 g/mol. The number of anilines is 1. The molecule has 44 heavy (non-hydrogen) atoms. The summed E-state index contributed by atoms with van der Waals surface area (Å²) in [7, 11) is -2.97. The fraction of sp³-hybridized carbons (Fsp3) is 0.379. The highest BCUT2D eigenvalue weighted by atomic mass is 35.5. The quantitative estimate of drug-likeness (QED) is 0.202. The number of carboxylic acids is 1. The van der Waals surface area contributed by atoms with E-state index in [4.69, 9.17) is 4.74 Å². The van der Waals surface area contributed by atoms with Crippen molar-refractivity contribution >= 4 is 34.3 Å². The van der Waals surface area contributed by atoms with Gasteiger partial charge in [-0.15, -0.1) is 12.4 Å². The molecule has 3 heterocycles. The van der Waals surface area contributed by atoms with Gasteiger partial charge in [-0.25, -0.2) is 24.5 Å². The van der Waals surface area contributed by atoms with Gasteiger partial charge in [0.25, 0.3) is 10.0 Å². The first kappa shape index (κ1) is 34.4. The van der Waals surface area contributed by atoms with Crippen molar-refractivity contribution in [3.05, 3.63) is 71.4 Å². The van der Waals surface area contributed by atoms with E-state index in [1.807, 2.05) is 32.0 Å². The third-order valence-corrected chi connectivity index (χ3v) is 7.84. The second kappa shape index (κ2) is 14.1. The topological polar surface area (TPSA) is 174 Å². The molecule has 15 heteroatoms. The molecule has 0 unspecified atom stereocenters. The largest absolute Gasteiger partial charge is 0.476 e. The Morgan fingerprint density at radius 2 is 1.73 bits per heavy atom. The second-order valence-electron chi connectivity index (χ2n) is 11.4. The van der Waals surface area contributed by atoms with E-state index in [-0.39, 0.29) is 47.3 Å². The van der Waals surface area contributed by atoms with Gasteiger partial charge in [0.15, 0.2) is 10.7 Å². The van der Waals surface area contributed by atoms with Crippen molar-refractivity contribution in [1.82, 2.24) is 35.0 Å². The number of nitrogens with zero attached hydrogens (tertiary/aromatic N) is 6. The van der Waals surface area contributed by atoms with Crippen LogP contribution in [0, 0.1) is 19.3 Å². The number of halogens is 1. The van der Waals surface area contributed by atoms with E-state index < -0.39 is 21.7 Å². The summed E-state index contributed by atoms with van der Waals surface area (Å²) in [6.45, 7) is 10.9. The lowest BCUT2D eigenvalue weighted by atomic mass is 9.88. The number of aryl methyl sites for hydroxylation is 3. The number of aromatic nitrogens is 6. The minimum Gasteiger partial charge on any atom is -0.476 e. The minimum absolute atomic E-state index is 0. The molecule has 0 radical (unpaired) electrons. The van der Waals surface area contributed by atoms with Crippen LogP contribution >= 0.6 is 12.4 Å². The molecule has 0 saturated heterocycles. The number of carbonyl (C=O) groups is 1. The summed E-state index contributed by atoms with van der Waals surface area (Å²) in [6.07, 6.45) is 4.14. The fourth-order valence-corrected chi connectivity index (χ4v) is 5.73. The Morgan fingerprint density at radius 3 is 2.32 bits per heavy atom. The summed E-state index contributed by atoms with van der Waals surface area (Å²) in [5.74, 6) is -0.763. The van der Waals surface area contributed by atoms with E-state index >= 15 is 0 Å². The van der Waals surface area contributed by atoms with Crippen LogP contribution in [0.15, 0.2) is 53.8 Å². The lowest BCUT2D eigenvalue weighted by Gasteiger charge is -2.26. The zero-order chi connectivity index (χ0) is 31.4. The van der Waals surface area contributed by atoms with Gasteiger partial charge in [0.1, 0.15) is 12.4 Å². The molecule has 13 nitrogen and oxygen atoms in total. The number of aromatic carboxylic acids is 1. The van der Waals surface area contributed by atoms with Gasteiger partial charge in [0.2, 0.25) is 11.8 Å². The zero-order valence-electron chi connectivity index (χ0n) is 25.4. The molecule has 0 aliphatic carbocycles. The molecule has 3 N–H and O–H groups in total. The van der Waals surface area contributed by atoms with Gasteiger partial charge in [-0.1, -0.05) is 39.0 Å². The summed E-state index contributed by atoms with van der Waals surface area (Å²) in [6, 6.07) is 10.1. The Labute approximate surface area is 263 Å². The van der Waals surface area contributed by atoms with Crippen LogP contribution in [0.4, 0.5) is 5.95 Å². The number of hydrogen-bond donors (Lipinski definition) is 3. The van der Waals surface area contributed by atoms with Gasteiger partial charge in [-0.3, -0.25) is 4.68 Å². The lowest BCUT2D eigenvalue weighted by Crippen LogP contribution is -2.38. The molecule has 0 saturated carbocycles. The Hall–Kier alpha value is -4.14. The monoisotopic (exact) mass is 644 g/mol. The maximum absolute atomic E-state index is 13.3. The molecule has 1 aromatic carbocycles. The summed E-state index contributed by atoms with van der Waals surface area (Å²) in [4.78, 5) is 28.8. The van der Waals surface area contributed by atoms with Crippen LogP contribution in [0.3, 0.4) is 0 Å². The van der Waals surface area contributed by atoms with Crippen LogP contribution < -0.4 is 14.8 Å². The summed E-state index contributed by atoms with van der Waals surface area (Å²) >= 11 is 0. The third kappa shape index (κ3) is 8.94. The smallest absolute Gasteiger partial charge is 0.356 e. The first-order valence-electron chi connectivity index (χ1n) is 13.6. The summed E-state index contributed by atoms with van der Waals surface area (Å²) in [5, 5.41) is 16.1. The standard InChI is InChI=1S/C29H36N8O5S.ClH/c1-18-9-7-10-19(2)26(18)21-13-24(42-17-20(15-29(3,4)5)32-16-23-30-11-8-12-31-23)34-28(33-21)36-43(40,41)25-14-22(27(38)39)35-37(25)6;/h7-14,20,32H,15-17H2,1-6H3,(H,38,39)(H,33,34,36);1H/t20-;/m1./s1. The molecular weight excluding hydrogens is 608 g/mol. The first-order chi connectivity index (χ1) is 20.2. The number of benzene rings is 1. The number of carboxylic acid groups (broad SMARTS) is 1. The van der Waals surface area contributed by atoms with Crippen molar-refractivity contribution in [3.8, 4) is 17.1 Å². The normalized spacial score (nSPS) is 12.3.